The molecule has 16 heteroatoms. The van der Waals surface area contributed by atoms with E-state index in [1.807, 2.05) is 0 Å². The topological polar surface area (TPSA) is 94.1 Å². The SMILES string of the molecule is COP(=O)(OC)/C(C(=O)Nc1c(F)c(F)c(F)c(F)c1F)=C(/O)OCC(F)(F)F. The Bertz CT molecular complexity index is 850. The normalized spacial score (nSPS) is 13.2. The van der Waals surface area contributed by atoms with Gasteiger partial charge in [-0.15, -0.1) is 0 Å². The molecule has 0 atom stereocenters. The summed E-state index contributed by atoms with van der Waals surface area (Å²) in [5.74, 6) is -16.7. The molecule has 0 aliphatic carbocycles. The molecule has 0 spiro atoms. The number of hydrogen-bond acceptors (Lipinski definition) is 6. The number of benzene rings is 1. The van der Waals surface area contributed by atoms with Crippen molar-refractivity contribution in [2.24, 2.45) is 0 Å². The number of hydrogen-bond donors (Lipinski definition) is 2. The maximum absolute atomic E-state index is 13.7. The van der Waals surface area contributed by atoms with E-state index in [1.54, 1.807) is 0 Å². The molecule has 7 nitrogen and oxygen atoms in total. The number of halogens is 8. The van der Waals surface area contributed by atoms with Crippen molar-refractivity contribution in [2.45, 2.75) is 6.18 Å². The predicted molar refractivity (Wildman–Crippen MR) is 78.1 cm³/mol. The van der Waals surface area contributed by atoms with Crippen LogP contribution < -0.4 is 5.32 Å². The van der Waals surface area contributed by atoms with Gasteiger partial charge in [-0.05, 0) is 0 Å². The number of ether oxygens (including phenoxy) is 1. The monoisotopic (exact) mass is 459 g/mol. The van der Waals surface area contributed by atoms with Crippen LogP contribution in [0.2, 0.25) is 0 Å². The molecule has 0 saturated carbocycles. The molecule has 0 fully saturated rings. The van der Waals surface area contributed by atoms with Gasteiger partial charge in [0.15, 0.2) is 29.9 Å². The predicted octanol–water partition coefficient (Wildman–Crippen LogP) is 4.11. The zero-order valence-electron chi connectivity index (χ0n) is 14.2. The van der Waals surface area contributed by atoms with Gasteiger partial charge >= 0.3 is 13.8 Å². The standard InChI is InChI=1S/C13H10F8NO6P/c1-26-29(25,27-2)10(12(24)28-3-13(19,20)21)11(23)22-9-7(17)5(15)4(14)6(16)8(9)18/h24H,3H2,1-2H3,(H,22,23)/b12-10-. The van der Waals surface area contributed by atoms with Crippen molar-refractivity contribution in [3.05, 3.63) is 40.3 Å². The lowest BCUT2D eigenvalue weighted by Gasteiger charge is -2.19. The first kappa shape index (κ1) is 24.7. The van der Waals surface area contributed by atoms with Crippen LogP contribution in [0.4, 0.5) is 40.8 Å². The lowest BCUT2D eigenvalue weighted by Crippen LogP contribution is -2.23. The molecule has 0 aliphatic heterocycles. The largest absolute Gasteiger partial charge is 0.480 e. The number of alkyl halides is 3. The third-order valence-corrected chi connectivity index (χ3v) is 4.90. The number of anilines is 1. The van der Waals surface area contributed by atoms with E-state index in [0.29, 0.717) is 14.2 Å². The van der Waals surface area contributed by atoms with Gasteiger partial charge in [0, 0.05) is 14.2 Å². The fourth-order valence-electron chi connectivity index (χ4n) is 1.70. The number of amides is 1. The Hall–Kier alpha value is -2.38. The molecule has 1 aromatic carbocycles. The average Bonchev–Trinajstić information content (AvgIpc) is 2.65. The van der Waals surface area contributed by atoms with E-state index < -0.39 is 72.3 Å². The molecule has 1 aromatic rings. The van der Waals surface area contributed by atoms with Crippen LogP contribution in [-0.2, 0) is 23.1 Å². The third-order valence-electron chi connectivity index (χ3n) is 2.99. The minimum Gasteiger partial charge on any atom is -0.480 e. The second-order valence-corrected chi connectivity index (χ2v) is 6.99. The van der Waals surface area contributed by atoms with Gasteiger partial charge < -0.3 is 24.2 Å². The molecule has 164 valence electrons. The zero-order chi connectivity index (χ0) is 22.7. The van der Waals surface area contributed by atoms with E-state index in [9.17, 15) is 49.6 Å². The van der Waals surface area contributed by atoms with E-state index in [2.05, 4.69) is 13.8 Å². The van der Waals surface area contributed by atoms with Crippen LogP contribution in [0.15, 0.2) is 11.3 Å². The van der Waals surface area contributed by atoms with Crippen LogP contribution in [0.5, 0.6) is 0 Å². The van der Waals surface area contributed by atoms with Crippen molar-refractivity contribution < 1.29 is 63.4 Å². The maximum Gasteiger partial charge on any atom is 0.422 e. The van der Waals surface area contributed by atoms with Crippen molar-refractivity contribution >= 4 is 19.2 Å². The van der Waals surface area contributed by atoms with Crippen molar-refractivity contribution in [3.8, 4) is 0 Å². The minimum atomic E-state index is -5.05. The van der Waals surface area contributed by atoms with Gasteiger partial charge in [-0.1, -0.05) is 0 Å². The highest BCUT2D eigenvalue weighted by atomic mass is 31.2. The first-order valence-corrected chi connectivity index (χ1v) is 8.42. The van der Waals surface area contributed by atoms with Gasteiger partial charge in [0.1, 0.15) is 5.69 Å². The summed E-state index contributed by atoms with van der Waals surface area (Å²) in [7, 11) is -3.76. The molecule has 0 bridgehead atoms. The van der Waals surface area contributed by atoms with Crippen LogP contribution in [-0.4, -0.2) is 38.0 Å². The Kier molecular flexibility index (Phi) is 7.62. The Labute approximate surface area is 156 Å². The molecule has 1 amide bonds. The molecule has 0 aromatic heterocycles. The van der Waals surface area contributed by atoms with Crippen LogP contribution in [0.25, 0.3) is 0 Å². The summed E-state index contributed by atoms with van der Waals surface area (Å²) in [5, 5.41) is 8.93. The zero-order valence-corrected chi connectivity index (χ0v) is 15.1. The quantitative estimate of drug-likeness (QED) is 0.159. The number of carbonyl (C=O) groups excluding carboxylic acids is 1. The highest BCUT2D eigenvalue weighted by Gasteiger charge is 2.41. The molecule has 1 rings (SSSR count). The maximum atomic E-state index is 13.7. The molecule has 0 saturated heterocycles. The second kappa shape index (κ2) is 8.97. The number of carbonyl (C=O) groups is 1. The third kappa shape index (κ3) is 5.36. The molecule has 29 heavy (non-hydrogen) atoms. The van der Waals surface area contributed by atoms with Crippen LogP contribution in [0.1, 0.15) is 0 Å². The van der Waals surface area contributed by atoms with E-state index in [1.165, 1.54) is 0 Å². The number of rotatable bonds is 7. The van der Waals surface area contributed by atoms with E-state index in [4.69, 9.17) is 0 Å². The number of aliphatic hydroxyl groups excluding tert-OH is 1. The van der Waals surface area contributed by atoms with E-state index >= 15 is 0 Å². The van der Waals surface area contributed by atoms with Crippen LogP contribution in [0.3, 0.4) is 0 Å². The number of aliphatic hydroxyl groups is 1. The van der Waals surface area contributed by atoms with Crippen molar-refractivity contribution in [3.63, 3.8) is 0 Å². The Morgan fingerprint density at radius 3 is 1.76 bits per heavy atom. The number of nitrogens with one attached hydrogen (secondary N) is 1. The lowest BCUT2D eigenvalue weighted by molar-refractivity contribution is -0.173. The fraction of sp³-hybridized carbons (Fsp3) is 0.308. The van der Waals surface area contributed by atoms with E-state index in [-0.39, 0.29) is 0 Å². The first-order valence-electron chi connectivity index (χ1n) is 6.87. The first-order chi connectivity index (χ1) is 13.2. The van der Waals surface area contributed by atoms with Gasteiger partial charge in [-0.3, -0.25) is 9.36 Å². The van der Waals surface area contributed by atoms with E-state index in [0.717, 1.165) is 5.32 Å². The highest BCUT2D eigenvalue weighted by Crippen LogP contribution is 2.56. The van der Waals surface area contributed by atoms with Crippen molar-refractivity contribution in [1.29, 1.82) is 0 Å². The highest BCUT2D eigenvalue weighted by molar-refractivity contribution is 7.60. The average molecular weight is 459 g/mol. The van der Waals surface area contributed by atoms with Gasteiger partial charge in [0.2, 0.25) is 11.1 Å². The Morgan fingerprint density at radius 1 is 0.966 bits per heavy atom. The molecule has 0 unspecified atom stereocenters. The smallest absolute Gasteiger partial charge is 0.422 e. The van der Waals surface area contributed by atoms with Gasteiger partial charge in [-0.2, -0.15) is 13.2 Å². The Morgan fingerprint density at radius 2 is 1.38 bits per heavy atom. The molecule has 2 N–H and O–H groups in total. The van der Waals surface area contributed by atoms with Crippen molar-refractivity contribution in [1.82, 2.24) is 0 Å². The summed E-state index contributed by atoms with van der Waals surface area (Å²) < 4.78 is 128. The van der Waals surface area contributed by atoms with Crippen LogP contribution in [0, 0.1) is 29.1 Å². The van der Waals surface area contributed by atoms with Gasteiger partial charge in [0.25, 0.3) is 11.9 Å². The second-order valence-electron chi connectivity index (χ2n) is 4.82. The van der Waals surface area contributed by atoms with Crippen molar-refractivity contribution in [2.75, 3.05) is 26.1 Å². The molecule has 0 aliphatic rings. The fourth-order valence-corrected chi connectivity index (χ4v) is 2.82. The molecular formula is C13H10F8NO6P. The summed E-state index contributed by atoms with van der Waals surface area (Å²) in [5.41, 5.74) is -1.95. The van der Waals surface area contributed by atoms with Gasteiger partial charge in [0.05, 0.1) is 0 Å². The molecule has 0 radical (unpaired) electrons. The summed E-state index contributed by atoms with van der Waals surface area (Å²) in [6.07, 6.45) is -5.05. The summed E-state index contributed by atoms with van der Waals surface area (Å²) in [6.45, 7) is -2.22. The molecule has 0 heterocycles. The Balaban J connectivity index is 3.50. The van der Waals surface area contributed by atoms with Crippen LogP contribution >= 0.6 is 7.60 Å². The van der Waals surface area contributed by atoms with Gasteiger partial charge in [-0.25, -0.2) is 22.0 Å². The minimum absolute atomic E-state index is 0.604. The summed E-state index contributed by atoms with van der Waals surface area (Å²) in [4.78, 5) is 12.2. The summed E-state index contributed by atoms with van der Waals surface area (Å²) >= 11 is 0. The lowest BCUT2D eigenvalue weighted by atomic mass is 10.2. The summed E-state index contributed by atoms with van der Waals surface area (Å²) in [6, 6.07) is 0. The molecular weight excluding hydrogens is 449 g/mol.